The summed E-state index contributed by atoms with van der Waals surface area (Å²) < 4.78 is 5.13. The minimum Gasteiger partial charge on any atom is -0.466 e. The predicted octanol–water partition coefficient (Wildman–Crippen LogP) is 1.65. The Labute approximate surface area is 183 Å². The van der Waals surface area contributed by atoms with Crippen LogP contribution in [0.15, 0.2) is 12.3 Å². The van der Waals surface area contributed by atoms with Crippen molar-refractivity contribution in [2.75, 3.05) is 56.1 Å². The maximum atomic E-state index is 13.4. The van der Waals surface area contributed by atoms with Crippen LogP contribution in [0.5, 0.6) is 0 Å². The van der Waals surface area contributed by atoms with E-state index in [1.807, 2.05) is 6.92 Å². The van der Waals surface area contributed by atoms with Crippen molar-refractivity contribution in [3.05, 3.63) is 17.8 Å². The second-order valence-electron chi connectivity index (χ2n) is 7.95. The highest BCUT2D eigenvalue weighted by atomic mass is 16.5. The van der Waals surface area contributed by atoms with Crippen molar-refractivity contribution in [1.82, 2.24) is 15.2 Å². The molecular weight excluding hydrogens is 398 g/mol. The molecule has 0 bridgehead atoms. The number of pyridine rings is 1. The van der Waals surface area contributed by atoms with Crippen LogP contribution in [0, 0.1) is 5.92 Å². The number of ether oxygens (including phenoxy) is 1. The van der Waals surface area contributed by atoms with E-state index >= 15 is 0 Å². The first-order valence-corrected chi connectivity index (χ1v) is 11.2. The SMILES string of the molecule is CCCC(=O)Nc1cnc(N2CCNCC2)c(C(=O)N2CCC(C(=O)OCC)CC2)c1. The van der Waals surface area contributed by atoms with Gasteiger partial charge in [-0.2, -0.15) is 0 Å². The normalized spacial score (nSPS) is 17.4. The van der Waals surface area contributed by atoms with Crippen LogP contribution in [0.2, 0.25) is 0 Å². The molecule has 2 N–H and O–H groups in total. The molecule has 3 rings (SSSR count). The number of amides is 2. The molecule has 0 aromatic carbocycles. The summed E-state index contributed by atoms with van der Waals surface area (Å²) in [6, 6.07) is 1.73. The maximum absolute atomic E-state index is 13.4. The van der Waals surface area contributed by atoms with Crippen LogP contribution < -0.4 is 15.5 Å². The third-order valence-electron chi connectivity index (χ3n) is 5.68. The number of nitrogens with zero attached hydrogens (tertiary/aromatic N) is 3. The average Bonchev–Trinajstić information content (AvgIpc) is 2.79. The van der Waals surface area contributed by atoms with E-state index in [1.54, 1.807) is 24.1 Å². The van der Waals surface area contributed by atoms with E-state index < -0.39 is 0 Å². The number of esters is 1. The summed E-state index contributed by atoms with van der Waals surface area (Å²) in [5, 5.41) is 6.15. The van der Waals surface area contributed by atoms with E-state index in [1.165, 1.54) is 0 Å². The van der Waals surface area contributed by atoms with Crippen LogP contribution >= 0.6 is 0 Å². The lowest BCUT2D eigenvalue weighted by Crippen LogP contribution is -2.45. The summed E-state index contributed by atoms with van der Waals surface area (Å²) >= 11 is 0. The van der Waals surface area contributed by atoms with Gasteiger partial charge >= 0.3 is 5.97 Å². The van der Waals surface area contributed by atoms with Crippen LogP contribution in [0.3, 0.4) is 0 Å². The number of anilines is 2. The van der Waals surface area contributed by atoms with Gasteiger partial charge in [0, 0.05) is 45.7 Å². The molecule has 2 fully saturated rings. The van der Waals surface area contributed by atoms with Crippen molar-refractivity contribution in [1.29, 1.82) is 0 Å². The van der Waals surface area contributed by atoms with Gasteiger partial charge in [0.1, 0.15) is 5.82 Å². The molecule has 1 aromatic rings. The molecule has 3 heterocycles. The highest BCUT2D eigenvalue weighted by Gasteiger charge is 2.31. The largest absolute Gasteiger partial charge is 0.466 e. The smallest absolute Gasteiger partial charge is 0.309 e. The lowest BCUT2D eigenvalue weighted by atomic mass is 9.96. The number of aromatic nitrogens is 1. The van der Waals surface area contributed by atoms with Gasteiger partial charge in [-0.05, 0) is 32.3 Å². The lowest BCUT2D eigenvalue weighted by Gasteiger charge is -2.33. The quantitative estimate of drug-likeness (QED) is 0.633. The molecule has 0 saturated carbocycles. The molecule has 0 atom stereocenters. The Morgan fingerprint density at radius 3 is 2.52 bits per heavy atom. The van der Waals surface area contributed by atoms with E-state index in [9.17, 15) is 14.4 Å². The molecule has 2 aliphatic heterocycles. The van der Waals surface area contributed by atoms with Gasteiger partial charge in [-0.15, -0.1) is 0 Å². The summed E-state index contributed by atoms with van der Waals surface area (Å²) in [4.78, 5) is 45.9. The Balaban J connectivity index is 1.78. The van der Waals surface area contributed by atoms with Crippen molar-refractivity contribution in [3.63, 3.8) is 0 Å². The maximum Gasteiger partial charge on any atom is 0.309 e. The fourth-order valence-corrected chi connectivity index (χ4v) is 4.01. The first kappa shape index (κ1) is 23.0. The Hall–Kier alpha value is -2.68. The van der Waals surface area contributed by atoms with E-state index in [-0.39, 0.29) is 23.7 Å². The highest BCUT2D eigenvalue weighted by molar-refractivity contribution is 6.01. The number of hydrogen-bond donors (Lipinski definition) is 2. The monoisotopic (exact) mass is 431 g/mol. The van der Waals surface area contributed by atoms with Crippen molar-refractivity contribution in [2.45, 2.75) is 39.5 Å². The topological polar surface area (TPSA) is 104 Å². The molecule has 170 valence electrons. The minimum absolute atomic E-state index is 0.0899. The molecule has 9 heteroatoms. The van der Waals surface area contributed by atoms with Crippen molar-refractivity contribution in [2.24, 2.45) is 5.92 Å². The van der Waals surface area contributed by atoms with E-state index in [0.29, 0.717) is 56.0 Å². The molecule has 0 aliphatic carbocycles. The number of piperidine rings is 1. The minimum atomic E-state index is -0.182. The first-order valence-electron chi connectivity index (χ1n) is 11.2. The second kappa shape index (κ2) is 11.1. The van der Waals surface area contributed by atoms with Gasteiger partial charge in [0.15, 0.2) is 0 Å². The molecule has 9 nitrogen and oxygen atoms in total. The van der Waals surface area contributed by atoms with Gasteiger partial charge in [0.25, 0.3) is 5.91 Å². The average molecular weight is 432 g/mol. The van der Waals surface area contributed by atoms with Gasteiger partial charge < -0.3 is 25.2 Å². The van der Waals surface area contributed by atoms with Gasteiger partial charge in [-0.25, -0.2) is 4.98 Å². The number of rotatable bonds is 7. The summed E-state index contributed by atoms with van der Waals surface area (Å²) in [6.45, 7) is 8.29. The van der Waals surface area contributed by atoms with Crippen molar-refractivity contribution >= 4 is 29.3 Å². The van der Waals surface area contributed by atoms with Gasteiger partial charge in [0.05, 0.1) is 30.0 Å². The van der Waals surface area contributed by atoms with Crippen LogP contribution in [-0.2, 0) is 14.3 Å². The van der Waals surface area contributed by atoms with Crippen LogP contribution in [-0.4, -0.2) is 73.5 Å². The molecular formula is C22H33N5O4. The third-order valence-corrected chi connectivity index (χ3v) is 5.68. The van der Waals surface area contributed by atoms with Gasteiger partial charge in [-0.1, -0.05) is 6.92 Å². The number of nitrogens with one attached hydrogen (secondary N) is 2. The number of carbonyl (C=O) groups excluding carboxylic acids is 3. The number of hydrogen-bond acceptors (Lipinski definition) is 7. The lowest BCUT2D eigenvalue weighted by molar-refractivity contribution is -0.149. The standard InChI is InChI=1S/C22H33N5O4/c1-3-5-19(28)25-17-14-18(20(24-15-17)26-12-8-23-9-13-26)21(29)27-10-6-16(7-11-27)22(30)31-4-2/h14-16,23H,3-13H2,1-2H3,(H,25,28). The molecule has 2 aliphatic rings. The molecule has 31 heavy (non-hydrogen) atoms. The Morgan fingerprint density at radius 2 is 1.87 bits per heavy atom. The molecule has 0 spiro atoms. The van der Waals surface area contributed by atoms with Crippen molar-refractivity contribution < 1.29 is 19.1 Å². The van der Waals surface area contributed by atoms with Crippen LogP contribution in [0.1, 0.15) is 49.9 Å². The summed E-state index contributed by atoms with van der Waals surface area (Å²) in [5.41, 5.74) is 1.02. The zero-order valence-corrected chi connectivity index (χ0v) is 18.5. The van der Waals surface area contributed by atoms with E-state index in [4.69, 9.17) is 4.74 Å². The van der Waals surface area contributed by atoms with Crippen LogP contribution in [0.25, 0.3) is 0 Å². The first-order chi connectivity index (χ1) is 15.0. The van der Waals surface area contributed by atoms with E-state index in [0.717, 1.165) is 32.6 Å². The van der Waals surface area contributed by atoms with Gasteiger partial charge in [-0.3, -0.25) is 14.4 Å². The Kier molecular flexibility index (Phi) is 8.22. The zero-order chi connectivity index (χ0) is 22.2. The summed E-state index contributed by atoms with van der Waals surface area (Å²) in [7, 11) is 0. The Bertz CT molecular complexity index is 786. The fourth-order valence-electron chi connectivity index (χ4n) is 4.01. The molecule has 2 saturated heterocycles. The second-order valence-corrected chi connectivity index (χ2v) is 7.95. The van der Waals surface area contributed by atoms with Crippen molar-refractivity contribution in [3.8, 4) is 0 Å². The number of carbonyl (C=O) groups is 3. The predicted molar refractivity (Wildman–Crippen MR) is 118 cm³/mol. The number of piperazine rings is 1. The summed E-state index contributed by atoms with van der Waals surface area (Å²) in [6.07, 6.45) is 3.97. The zero-order valence-electron chi connectivity index (χ0n) is 18.5. The molecule has 1 aromatic heterocycles. The molecule has 0 unspecified atom stereocenters. The Morgan fingerprint density at radius 1 is 1.16 bits per heavy atom. The van der Waals surface area contributed by atoms with Crippen LogP contribution in [0.4, 0.5) is 11.5 Å². The summed E-state index contributed by atoms with van der Waals surface area (Å²) in [5.74, 6) is 0.100. The fraction of sp³-hybridized carbons (Fsp3) is 0.636. The molecule has 0 radical (unpaired) electrons. The third kappa shape index (κ3) is 5.94. The number of likely N-dealkylation sites (tertiary alicyclic amines) is 1. The van der Waals surface area contributed by atoms with Gasteiger partial charge in [0.2, 0.25) is 5.91 Å². The molecule has 2 amide bonds. The highest BCUT2D eigenvalue weighted by Crippen LogP contribution is 2.26. The van der Waals surface area contributed by atoms with E-state index in [2.05, 4.69) is 20.5 Å².